The Kier molecular flexibility index (Phi) is 7.31. The number of carbonyl (C=O) groups is 1. The summed E-state index contributed by atoms with van der Waals surface area (Å²) in [6.07, 6.45) is 11.1. The van der Waals surface area contributed by atoms with Crippen LogP contribution in [0.4, 0.5) is 0 Å². The highest BCUT2D eigenvalue weighted by molar-refractivity contribution is 5.94. The van der Waals surface area contributed by atoms with Gasteiger partial charge in [0, 0.05) is 5.92 Å². The molecule has 0 N–H and O–H groups in total. The van der Waals surface area contributed by atoms with Gasteiger partial charge >= 0.3 is 0 Å². The third-order valence-electron chi connectivity index (χ3n) is 14.4. The van der Waals surface area contributed by atoms with Crippen LogP contribution in [0.15, 0.2) is 11.6 Å². The monoisotopic (exact) mass is 496 g/mol. The first-order valence-electron chi connectivity index (χ1n) is 15.8. The Bertz CT molecular complexity index is 879. The number of rotatable bonds is 6. The SMILES string of the molecule is CCC(C(C)C)C(C)[C@@H](C)C(C)(C)[C@H]1CC[C@@]2(C)C3=CC(=O)[C@@H]4C[C@@H](C)[C@@H](C)C[C@]4(C)C3CC[C@]12C. The van der Waals surface area contributed by atoms with Crippen LogP contribution in [0.3, 0.4) is 0 Å². The molecule has 0 heterocycles. The van der Waals surface area contributed by atoms with Crippen molar-refractivity contribution >= 4 is 5.78 Å². The van der Waals surface area contributed by atoms with E-state index in [1.165, 1.54) is 38.5 Å². The molecule has 0 aromatic heterocycles. The first-order chi connectivity index (χ1) is 16.6. The van der Waals surface area contributed by atoms with E-state index < -0.39 is 0 Å². The van der Waals surface area contributed by atoms with Gasteiger partial charge in [-0.15, -0.1) is 0 Å². The van der Waals surface area contributed by atoms with Gasteiger partial charge in [-0.1, -0.05) is 95.1 Å². The summed E-state index contributed by atoms with van der Waals surface area (Å²) in [6, 6.07) is 0. The van der Waals surface area contributed by atoms with Crippen LogP contribution < -0.4 is 0 Å². The number of carbonyl (C=O) groups excluding carboxylic acids is 1. The lowest BCUT2D eigenvalue weighted by Gasteiger charge is -2.62. The smallest absolute Gasteiger partial charge is 0.159 e. The summed E-state index contributed by atoms with van der Waals surface area (Å²) in [5.41, 5.74) is 2.48. The molecule has 11 atom stereocenters. The van der Waals surface area contributed by atoms with E-state index in [2.05, 4.69) is 89.2 Å². The van der Waals surface area contributed by atoms with Crippen molar-refractivity contribution < 1.29 is 4.79 Å². The molecule has 1 nitrogen and oxygen atoms in total. The molecular formula is C35H60O. The topological polar surface area (TPSA) is 17.1 Å². The van der Waals surface area contributed by atoms with E-state index in [9.17, 15) is 4.79 Å². The Morgan fingerprint density at radius 1 is 0.972 bits per heavy atom. The maximum atomic E-state index is 13.7. The fourth-order valence-corrected chi connectivity index (χ4v) is 11.3. The summed E-state index contributed by atoms with van der Waals surface area (Å²) in [5, 5.41) is 0. The molecule has 0 radical (unpaired) electrons. The number of hydrogen-bond donors (Lipinski definition) is 0. The van der Waals surface area contributed by atoms with Crippen molar-refractivity contribution in [3.63, 3.8) is 0 Å². The van der Waals surface area contributed by atoms with Gasteiger partial charge in [0.1, 0.15) is 0 Å². The highest BCUT2D eigenvalue weighted by Crippen LogP contribution is 2.74. The first-order valence-corrected chi connectivity index (χ1v) is 15.8. The molecule has 3 unspecified atom stereocenters. The molecule has 36 heavy (non-hydrogen) atoms. The Morgan fingerprint density at radius 3 is 2.19 bits per heavy atom. The third kappa shape index (κ3) is 3.86. The van der Waals surface area contributed by atoms with Crippen LogP contribution in [0, 0.1) is 74.9 Å². The molecular weight excluding hydrogens is 436 g/mol. The van der Waals surface area contributed by atoms with Crippen molar-refractivity contribution in [2.24, 2.45) is 74.9 Å². The van der Waals surface area contributed by atoms with Crippen LogP contribution in [0.2, 0.25) is 0 Å². The Balaban J connectivity index is 1.69. The van der Waals surface area contributed by atoms with E-state index in [1.807, 2.05) is 0 Å². The van der Waals surface area contributed by atoms with Crippen LogP contribution in [0.1, 0.15) is 128 Å². The maximum absolute atomic E-state index is 13.7. The molecule has 3 saturated carbocycles. The molecule has 206 valence electrons. The third-order valence-corrected chi connectivity index (χ3v) is 14.4. The van der Waals surface area contributed by atoms with Gasteiger partial charge < -0.3 is 0 Å². The van der Waals surface area contributed by atoms with Crippen LogP contribution in [0.5, 0.6) is 0 Å². The number of allylic oxidation sites excluding steroid dienone is 2. The Morgan fingerprint density at radius 2 is 1.61 bits per heavy atom. The normalized spacial score (nSPS) is 45.4. The molecule has 0 aromatic carbocycles. The lowest BCUT2D eigenvalue weighted by molar-refractivity contribution is -0.134. The van der Waals surface area contributed by atoms with Gasteiger partial charge in [0.05, 0.1) is 0 Å². The summed E-state index contributed by atoms with van der Waals surface area (Å²) in [4.78, 5) is 13.7. The summed E-state index contributed by atoms with van der Waals surface area (Å²) in [7, 11) is 0. The maximum Gasteiger partial charge on any atom is 0.159 e. The average Bonchev–Trinajstić information content (AvgIpc) is 3.07. The van der Waals surface area contributed by atoms with Crippen LogP contribution in [-0.4, -0.2) is 5.78 Å². The van der Waals surface area contributed by atoms with Gasteiger partial charge in [-0.25, -0.2) is 0 Å². The van der Waals surface area contributed by atoms with Gasteiger partial charge in [0.15, 0.2) is 5.78 Å². The highest BCUT2D eigenvalue weighted by Gasteiger charge is 2.66. The molecule has 3 fully saturated rings. The standard InChI is InChI=1S/C35H60O/c1-13-26(21(2)3)24(6)25(7)32(8,9)31-15-17-34(11)28-19-30(36)29-18-22(4)23(5)20-33(29,10)27(28)14-16-35(31,34)12/h19,21-27,29,31H,13-18,20H2,1-12H3/t22-,23+,24?,25-,26?,27?,29+,31-,33-,34+,35-/m1/s1. The van der Waals surface area contributed by atoms with Crippen molar-refractivity contribution in [2.75, 3.05) is 0 Å². The minimum Gasteiger partial charge on any atom is -0.295 e. The molecule has 0 spiro atoms. The second-order valence-corrected chi connectivity index (χ2v) is 16.2. The van der Waals surface area contributed by atoms with Gasteiger partial charge in [-0.3, -0.25) is 4.79 Å². The lowest BCUT2D eigenvalue weighted by Crippen LogP contribution is -2.57. The van der Waals surface area contributed by atoms with E-state index in [0.717, 1.165) is 30.1 Å². The molecule has 4 aliphatic carbocycles. The van der Waals surface area contributed by atoms with Crippen LogP contribution in [-0.2, 0) is 4.79 Å². The lowest BCUT2D eigenvalue weighted by atomic mass is 9.41. The molecule has 0 amide bonds. The minimum atomic E-state index is 0.165. The predicted molar refractivity (Wildman–Crippen MR) is 155 cm³/mol. The van der Waals surface area contributed by atoms with Gasteiger partial charge in [0.25, 0.3) is 0 Å². The summed E-state index contributed by atoms with van der Waals surface area (Å²) in [5.74, 6) is 6.41. The van der Waals surface area contributed by atoms with E-state index in [1.54, 1.807) is 5.57 Å². The van der Waals surface area contributed by atoms with Crippen molar-refractivity contribution in [3.05, 3.63) is 11.6 Å². The van der Waals surface area contributed by atoms with Crippen LogP contribution in [0.25, 0.3) is 0 Å². The largest absolute Gasteiger partial charge is 0.295 e. The molecule has 4 aliphatic rings. The van der Waals surface area contributed by atoms with Crippen molar-refractivity contribution in [3.8, 4) is 0 Å². The van der Waals surface area contributed by atoms with Crippen molar-refractivity contribution in [1.82, 2.24) is 0 Å². The van der Waals surface area contributed by atoms with E-state index in [-0.39, 0.29) is 22.2 Å². The van der Waals surface area contributed by atoms with Gasteiger partial charge in [-0.2, -0.15) is 0 Å². The van der Waals surface area contributed by atoms with E-state index in [4.69, 9.17) is 0 Å². The summed E-state index contributed by atoms with van der Waals surface area (Å²) < 4.78 is 0. The molecule has 1 heteroatoms. The molecule has 0 aliphatic heterocycles. The van der Waals surface area contributed by atoms with Gasteiger partial charge in [-0.05, 0) is 114 Å². The quantitative estimate of drug-likeness (QED) is 0.357. The Labute approximate surface area is 225 Å². The molecule has 0 aromatic rings. The zero-order chi connectivity index (χ0) is 27.0. The Hall–Kier alpha value is -0.590. The minimum absolute atomic E-state index is 0.165. The zero-order valence-corrected chi connectivity index (χ0v) is 26.1. The second-order valence-electron chi connectivity index (χ2n) is 16.2. The van der Waals surface area contributed by atoms with Crippen molar-refractivity contribution in [1.29, 1.82) is 0 Å². The van der Waals surface area contributed by atoms with Crippen LogP contribution >= 0.6 is 0 Å². The average molecular weight is 497 g/mol. The molecule has 0 saturated heterocycles. The second kappa shape index (κ2) is 9.26. The van der Waals surface area contributed by atoms with E-state index in [0.29, 0.717) is 34.9 Å². The molecule has 0 bridgehead atoms. The van der Waals surface area contributed by atoms with Crippen molar-refractivity contribution in [2.45, 2.75) is 128 Å². The molecule has 4 rings (SSSR count). The fraction of sp³-hybridized carbons (Fsp3) is 0.914. The zero-order valence-electron chi connectivity index (χ0n) is 26.1. The first kappa shape index (κ1) is 28.4. The predicted octanol–water partition coefficient (Wildman–Crippen LogP) is 10.00. The highest BCUT2D eigenvalue weighted by atomic mass is 16.1. The number of fused-ring (bicyclic) bond motifs is 5. The summed E-state index contributed by atoms with van der Waals surface area (Å²) in [6.45, 7) is 30.1. The van der Waals surface area contributed by atoms with Gasteiger partial charge in [0.2, 0.25) is 0 Å². The summed E-state index contributed by atoms with van der Waals surface area (Å²) >= 11 is 0. The number of ketones is 1. The number of hydrogen-bond acceptors (Lipinski definition) is 1. The van der Waals surface area contributed by atoms with E-state index >= 15 is 0 Å². The fourth-order valence-electron chi connectivity index (χ4n) is 11.3.